The smallest absolute Gasteiger partial charge is 0.302 e. The van der Waals surface area contributed by atoms with Crippen molar-refractivity contribution in [2.24, 2.45) is 16.8 Å². The zero-order valence-electron chi connectivity index (χ0n) is 10.0. The van der Waals surface area contributed by atoms with Gasteiger partial charge in [-0.15, -0.1) is 0 Å². The number of nitrogens with zero attached hydrogens (tertiary/aromatic N) is 3. The molecule has 0 saturated carbocycles. The van der Waals surface area contributed by atoms with Gasteiger partial charge in [-0.3, -0.25) is 10.1 Å². The van der Waals surface area contributed by atoms with Gasteiger partial charge in [0.05, 0.1) is 4.92 Å². The summed E-state index contributed by atoms with van der Waals surface area (Å²) in [5.74, 6) is 0.933. The van der Waals surface area contributed by atoms with E-state index in [-0.39, 0.29) is 17.1 Å². The molecule has 0 aliphatic carbocycles. The number of nitrogens with two attached hydrogens (primary N) is 1. The molecule has 0 bridgehead atoms. The van der Waals surface area contributed by atoms with Crippen molar-refractivity contribution in [1.82, 2.24) is 4.98 Å². The molecule has 3 N–H and O–H groups in total. The van der Waals surface area contributed by atoms with Gasteiger partial charge >= 0.3 is 5.69 Å². The normalized spacial score (nSPS) is 11.8. The Labute approximate surface area is 108 Å². The molecule has 0 spiro atoms. The highest BCUT2D eigenvalue weighted by Crippen LogP contribution is 2.28. The Balaban J connectivity index is 3.09. The lowest BCUT2D eigenvalue weighted by molar-refractivity contribution is -0.388. The molecule has 0 radical (unpaired) electrons. The van der Waals surface area contributed by atoms with Gasteiger partial charge in [-0.2, -0.15) is 0 Å². The quantitative estimate of drug-likeness (QED) is 0.211. The fourth-order valence-electron chi connectivity index (χ4n) is 1.13. The first-order valence-corrected chi connectivity index (χ1v) is 6.19. The Morgan fingerprint density at radius 2 is 2.39 bits per heavy atom. The topological polar surface area (TPSA) is 115 Å². The molecule has 0 unspecified atom stereocenters. The van der Waals surface area contributed by atoms with Gasteiger partial charge < -0.3 is 10.9 Å². The van der Waals surface area contributed by atoms with Gasteiger partial charge in [-0.25, -0.2) is 4.98 Å². The van der Waals surface area contributed by atoms with Crippen LogP contribution in [0, 0.1) is 16.0 Å². The Kier molecular flexibility index (Phi) is 4.90. The van der Waals surface area contributed by atoms with Crippen molar-refractivity contribution in [3.63, 3.8) is 0 Å². The summed E-state index contributed by atoms with van der Waals surface area (Å²) in [5, 5.41) is 22.6. The third kappa shape index (κ3) is 3.59. The van der Waals surface area contributed by atoms with Crippen molar-refractivity contribution in [2.75, 3.05) is 5.75 Å². The summed E-state index contributed by atoms with van der Waals surface area (Å²) < 4.78 is 0. The summed E-state index contributed by atoms with van der Waals surface area (Å²) in [4.78, 5) is 14.4. The highest BCUT2D eigenvalue weighted by Gasteiger charge is 2.18. The van der Waals surface area contributed by atoms with Gasteiger partial charge in [-0.1, -0.05) is 30.8 Å². The highest BCUT2D eigenvalue weighted by atomic mass is 32.2. The van der Waals surface area contributed by atoms with Gasteiger partial charge in [-0.05, 0) is 5.92 Å². The maximum Gasteiger partial charge on any atom is 0.302 e. The van der Waals surface area contributed by atoms with E-state index < -0.39 is 4.92 Å². The molecule has 0 atom stereocenters. The average molecular weight is 270 g/mol. The van der Waals surface area contributed by atoms with Crippen LogP contribution >= 0.6 is 11.8 Å². The second kappa shape index (κ2) is 6.20. The number of aromatic nitrogens is 1. The van der Waals surface area contributed by atoms with Crippen LogP contribution in [0.1, 0.15) is 19.4 Å². The van der Waals surface area contributed by atoms with Gasteiger partial charge in [0.15, 0.2) is 10.9 Å². The Morgan fingerprint density at radius 3 is 2.89 bits per heavy atom. The van der Waals surface area contributed by atoms with E-state index >= 15 is 0 Å². The van der Waals surface area contributed by atoms with Crippen LogP contribution in [0.5, 0.6) is 0 Å². The first kappa shape index (κ1) is 14.2. The molecule has 0 aliphatic heterocycles. The molecule has 1 heterocycles. The average Bonchev–Trinajstić information content (AvgIpc) is 2.34. The van der Waals surface area contributed by atoms with Crippen LogP contribution in [0.25, 0.3) is 0 Å². The predicted molar refractivity (Wildman–Crippen MR) is 69.0 cm³/mol. The number of oxime groups is 1. The van der Waals surface area contributed by atoms with E-state index in [1.165, 1.54) is 24.0 Å². The number of rotatable bonds is 5. The molecule has 98 valence electrons. The number of thioether (sulfide) groups is 1. The van der Waals surface area contributed by atoms with Crippen LogP contribution in [0.15, 0.2) is 22.4 Å². The van der Waals surface area contributed by atoms with Crippen LogP contribution in [0.4, 0.5) is 5.69 Å². The van der Waals surface area contributed by atoms with E-state index in [1.54, 1.807) is 0 Å². The van der Waals surface area contributed by atoms with E-state index in [4.69, 9.17) is 10.9 Å². The lowest BCUT2D eigenvalue weighted by atomic mass is 10.2. The van der Waals surface area contributed by atoms with Crippen molar-refractivity contribution < 1.29 is 10.1 Å². The lowest BCUT2D eigenvalue weighted by Crippen LogP contribution is -2.14. The molecule has 18 heavy (non-hydrogen) atoms. The SMILES string of the molecule is CC(C)CSc1ncc(C(N)=NO)cc1[N+](=O)[O-]. The zero-order chi connectivity index (χ0) is 13.7. The van der Waals surface area contributed by atoms with Gasteiger partial charge in [0, 0.05) is 23.6 Å². The maximum absolute atomic E-state index is 10.9. The largest absolute Gasteiger partial charge is 0.409 e. The number of pyridine rings is 1. The van der Waals surface area contributed by atoms with Crippen molar-refractivity contribution in [2.45, 2.75) is 18.9 Å². The summed E-state index contributed by atoms with van der Waals surface area (Å²) in [6.45, 7) is 4.03. The Bertz CT molecular complexity index is 476. The van der Waals surface area contributed by atoms with E-state index in [9.17, 15) is 10.1 Å². The third-order valence-electron chi connectivity index (χ3n) is 1.99. The molecule has 0 amide bonds. The van der Waals surface area contributed by atoms with E-state index in [1.807, 2.05) is 13.8 Å². The van der Waals surface area contributed by atoms with Crippen molar-refractivity contribution in [1.29, 1.82) is 0 Å². The number of hydrogen-bond acceptors (Lipinski definition) is 6. The van der Waals surface area contributed by atoms with Crippen LogP contribution < -0.4 is 5.73 Å². The summed E-state index contributed by atoms with van der Waals surface area (Å²) >= 11 is 1.32. The monoisotopic (exact) mass is 270 g/mol. The Hall–Kier alpha value is -1.83. The molecular formula is C10H14N4O3S. The minimum absolute atomic E-state index is 0.134. The fraction of sp³-hybridized carbons (Fsp3) is 0.400. The first-order valence-electron chi connectivity index (χ1n) is 5.20. The third-order valence-corrected chi connectivity index (χ3v) is 3.41. The van der Waals surface area contributed by atoms with Gasteiger partial charge in [0.2, 0.25) is 0 Å². The second-order valence-electron chi connectivity index (χ2n) is 4.00. The van der Waals surface area contributed by atoms with Crippen LogP contribution in [0.2, 0.25) is 0 Å². The first-order chi connectivity index (χ1) is 8.45. The maximum atomic E-state index is 10.9. The molecular weight excluding hydrogens is 256 g/mol. The molecule has 1 aromatic heterocycles. The van der Waals surface area contributed by atoms with Crippen molar-refractivity contribution in [3.8, 4) is 0 Å². The molecule has 0 aliphatic rings. The fourth-order valence-corrected chi connectivity index (χ4v) is 2.03. The van der Waals surface area contributed by atoms with E-state index in [0.29, 0.717) is 10.9 Å². The molecule has 0 aromatic carbocycles. The van der Waals surface area contributed by atoms with Crippen molar-refractivity contribution >= 4 is 23.3 Å². The minimum Gasteiger partial charge on any atom is -0.409 e. The number of amidine groups is 1. The Morgan fingerprint density at radius 1 is 1.72 bits per heavy atom. The van der Waals surface area contributed by atoms with Crippen LogP contribution in [-0.4, -0.2) is 26.7 Å². The van der Waals surface area contributed by atoms with E-state index in [2.05, 4.69) is 10.1 Å². The molecule has 1 aromatic rings. The van der Waals surface area contributed by atoms with Crippen molar-refractivity contribution in [3.05, 3.63) is 27.9 Å². The second-order valence-corrected chi connectivity index (χ2v) is 5.00. The minimum atomic E-state index is -0.524. The van der Waals surface area contributed by atoms with Crippen LogP contribution in [-0.2, 0) is 0 Å². The molecule has 7 nitrogen and oxygen atoms in total. The summed E-state index contributed by atoms with van der Waals surface area (Å²) in [5.41, 5.74) is 5.45. The lowest BCUT2D eigenvalue weighted by Gasteiger charge is -2.05. The van der Waals surface area contributed by atoms with E-state index in [0.717, 1.165) is 5.75 Å². The summed E-state index contributed by atoms with van der Waals surface area (Å²) in [6.07, 6.45) is 1.35. The highest BCUT2D eigenvalue weighted by molar-refractivity contribution is 7.99. The number of hydrogen-bond donors (Lipinski definition) is 2. The summed E-state index contributed by atoms with van der Waals surface area (Å²) in [6, 6.07) is 1.25. The molecule has 0 saturated heterocycles. The summed E-state index contributed by atoms with van der Waals surface area (Å²) in [7, 11) is 0. The zero-order valence-corrected chi connectivity index (χ0v) is 10.8. The molecule has 1 rings (SSSR count). The standard InChI is InChI=1S/C10H14N4O3S/c1-6(2)5-18-10-8(14(16)17)3-7(4-12-10)9(11)13-15/h3-4,6,15H,5H2,1-2H3,(H2,11,13). The predicted octanol–water partition coefficient (Wildman–Crippen LogP) is 1.83. The van der Waals surface area contributed by atoms with Gasteiger partial charge in [0.25, 0.3) is 0 Å². The molecule has 0 fully saturated rings. The van der Waals surface area contributed by atoms with Gasteiger partial charge in [0.1, 0.15) is 0 Å². The number of nitro groups is 1. The van der Waals surface area contributed by atoms with Crippen LogP contribution in [0.3, 0.4) is 0 Å². The molecule has 8 heteroatoms.